The molecule has 1 aromatic rings. The maximum Gasteiger partial charge on any atom is 0.213 e. The first kappa shape index (κ1) is 12.2. The summed E-state index contributed by atoms with van der Waals surface area (Å²) in [5.41, 5.74) is 1.10. The van der Waals surface area contributed by atoms with Gasteiger partial charge in [-0.1, -0.05) is 19.8 Å². The highest BCUT2D eigenvalue weighted by atomic mass is 16.5. The van der Waals surface area contributed by atoms with Crippen LogP contribution in [0.2, 0.25) is 0 Å². The summed E-state index contributed by atoms with van der Waals surface area (Å²) in [6.07, 6.45) is 7.12. The second-order valence-corrected chi connectivity index (χ2v) is 4.93. The number of anilines is 1. The number of nitrogens with one attached hydrogen (secondary N) is 1. The van der Waals surface area contributed by atoms with E-state index in [0.717, 1.165) is 11.6 Å². The number of rotatable bonds is 4. The van der Waals surface area contributed by atoms with Crippen molar-refractivity contribution in [3.8, 4) is 5.88 Å². The predicted octanol–water partition coefficient (Wildman–Crippen LogP) is 3.47. The summed E-state index contributed by atoms with van der Waals surface area (Å²) in [5.74, 6) is 1.55. The maximum absolute atomic E-state index is 5.33. The minimum absolute atomic E-state index is 0.610. The number of hydrogen-bond donors (Lipinski definition) is 1. The molecule has 3 heteroatoms. The van der Waals surface area contributed by atoms with E-state index in [1.54, 1.807) is 0 Å². The molecule has 1 fully saturated rings. The maximum atomic E-state index is 5.33. The molecule has 0 spiro atoms. The molecule has 2 unspecified atom stereocenters. The summed E-state index contributed by atoms with van der Waals surface area (Å²) in [7, 11) is 0. The van der Waals surface area contributed by atoms with Crippen molar-refractivity contribution in [2.24, 2.45) is 5.92 Å². The van der Waals surface area contributed by atoms with E-state index in [1.165, 1.54) is 25.7 Å². The molecule has 17 heavy (non-hydrogen) atoms. The third-order valence-electron chi connectivity index (χ3n) is 3.34. The zero-order chi connectivity index (χ0) is 12.1. The Morgan fingerprint density at radius 1 is 1.41 bits per heavy atom. The van der Waals surface area contributed by atoms with Crippen molar-refractivity contribution < 1.29 is 4.74 Å². The van der Waals surface area contributed by atoms with Gasteiger partial charge in [0.15, 0.2) is 0 Å². The number of ether oxygens (including phenoxy) is 1. The summed E-state index contributed by atoms with van der Waals surface area (Å²) in [4.78, 5) is 4.27. The van der Waals surface area contributed by atoms with Gasteiger partial charge in [0, 0.05) is 12.1 Å². The number of pyridine rings is 1. The van der Waals surface area contributed by atoms with Gasteiger partial charge in [-0.3, -0.25) is 0 Å². The minimum Gasteiger partial charge on any atom is -0.478 e. The molecule has 2 atom stereocenters. The Bertz CT molecular complexity index is 337. The summed E-state index contributed by atoms with van der Waals surface area (Å²) in [6.45, 7) is 4.97. The summed E-state index contributed by atoms with van der Waals surface area (Å²) >= 11 is 0. The lowest BCUT2D eigenvalue weighted by molar-refractivity contribution is 0.327. The van der Waals surface area contributed by atoms with E-state index in [2.05, 4.69) is 23.3 Å². The zero-order valence-electron chi connectivity index (χ0n) is 10.8. The third-order valence-corrected chi connectivity index (χ3v) is 3.34. The lowest BCUT2D eigenvalue weighted by atomic mass is 9.87. The van der Waals surface area contributed by atoms with E-state index in [9.17, 15) is 0 Å². The van der Waals surface area contributed by atoms with Crippen molar-refractivity contribution in [3.63, 3.8) is 0 Å². The lowest BCUT2D eigenvalue weighted by Gasteiger charge is -2.28. The van der Waals surface area contributed by atoms with Gasteiger partial charge >= 0.3 is 0 Å². The number of hydrogen-bond acceptors (Lipinski definition) is 3. The molecule has 0 amide bonds. The molecule has 0 radical (unpaired) electrons. The zero-order valence-corrected chi connectivity index (χ0v) is 10.8. The van der Waals surface area contributed by atoms with Gasteiger partial charge in [0.2, 0.25) is 5.88 Å². The van der Waals surface area contributed by atoms with E-state index < -0.39 is 0 Å². The lowest BCUT2D eigenvalue weighted by Crippen LogP contribution is -2.26. The average Bonchev–Trinajstić information content (AvgIpc) is 2.32. The Balaban J connectivity index is 1.89. The average molecular weight is 234 g/mol. The van der Waals surface area contributed by atoms with Crippen molar-refractivity contribution >= 4 is 5.69 Å². The van der Waals surface area contributed by atoms with Crippen molar-refractivity contribution in [1.82, 2.24) is 4.98 Å². The van der Waals surface area contributed by atoms with E-state index in [0.29, 0.717) is 18.5 Å². The molecule has 2 rings (SSSR count). The molecule has 0 bridgehead atoms. The van der Waals surface area contributed by atoms with Crippen molar-refractivity contribution in [3.05, 3.63) is 18.3 Å². The topological polar surface area (TPSA) is 34.1 Å². The van der Waals surface area contributed by atoms with Gasteiger partial charge in [-0.2, -0.15) is 0 Å². The highest BCUT2D eigenvalue weighted by Crippen LogP contribution is 2.26. The van der Waals surface area contributed by atoms with Gasteiger partial charge in [0.05, 0.1) is 18.5 Å². The molecule has 0 aliphatic heterocycles. The van der Waals surface area contributed by atoms with Crippen LogP contribution in [0.4, 0.5) is 5.69 Å². The highest BCUT2D eigenvalue weighted by molar-refractivity contribution is 5.43. The van der Waals surface area contributed by atoms with Gasteiger partial charge in [-0.15, -0.1) is 0 Å². The fourth-order valence-electron chi connectivity index (χ4n) is 2.50. The van der Waals surface area contributed by atoms with Crippen LogP contribution >= 0.6 is 0 Å². The summed E-state index contributed by atoms with van der Waals surface area (Å²) in [6, 6.07) is 4.59. The van der Waals surface area contributed by atoms with Gasteiger partial charge in [-0.05, 0) is 31.7 Å². The first-order valence-electron chi connectivity index (χ1n) is 6.63. The van der Waals surface area contributed by atoms with E-state index in [1.807, 2.05) is 19.2 Å². The van der Waals surface area contributed by atoms with Crippen LogP contribution in [-0.2, 0) is 0 Å². The quantitative estimate of drug-likeness (QED) is 0.866. The van der Waals surface area contributed by atoms with Crippen molar-refractivity contribution in [1.29, 1.82) is 0 Å². The Morgan fingerprint density at radius 2 is 2.29 bits per heavy atom. The fourth-order valence-corrected chi connectivity index (χ4v) is 2.50. The Kier molecular flexibility index (Phi) is 4.24. The monoisotopic (exact) mass is 234 g/mol. The second-order valence-electron chi connectivity index (χ2n) is 4.93. The first-order valence-corrected chi connectivity index (χ1v) is 6.63. The Morgan fingerprint density at radius 3 is 2.94 bits per heavy atom. The largest absolute Gasteiger partial charge is 0.478 e. The summed E-state index contributed by atoms with van der Waals surface area (Å²) in [5, 5.41) is 3.56. The van der Waals surface area contributed by atoms with Crippen LogP contribution in [0.3, 0.4) is 0 Å². The van der Waals surface area contributed by atoms with Crippen LogP contribution in [0.5, 0.6) is 5.88 Å². The molecule has 3 nitrogen and oxygen atoms in total. The van der Waals surface area contributed by atoms with Crippen LogP contribution in [0.25, 0.3) is 0 Å². The molecular weight excluding hydrogens is 212 g/mol. The van der Waals surface area contributed by atoms with Crippen LogP contribution in [0.15, 0.2) is 18.3 Å². The molecule has 94 valence electrons. The van der Waals surface area contributed by atoms with Crippen LogP contribution < -0.4 is 10.1 Å². The molecule has 0 saturated heterocycles. The van der Waals surface area contributed by atoms with Crippen molar-refractivity contribution in [2.45, 2.75) is 45.6 Å². The van der Waals surface area contributed by atoms with Gasteiger partial charge < -0.3 is 10.1 Å². The summed E-state index contributed by atoms with van der Waals surface area (Å²) < 4.78 is 5.33. The third kappa shape index (κ3) is 3.62. The smallest absolute Gasteiger partial charge is 0.213 e. The normalized spacial score (nSPS) is 24.4. The Hall–Kier alpha value is -1.25. The highest BCUT2D eigenvalue weighted by Gasteiger charge is 2.18. The fraction of sp³-hybridized carbons (Fsp3) is 0.643. The molecule has 1 aromatic heterocycles. The molecular formula is C14H22N2O. The van der Waals surface area contributed by atoms with Gasteiger partial charge in [0.25, 0.3) is 0 Å². The Labute approximate surface area is 104 Å². The standard InChI is InChI=1S/C14H22N2O/c1-3-17-14-8-7-13(10-15-14)16-12-6-4-5-11(2)9-12/h7-8,10-12,16H,3-6,9H2,1-2H3. The predicted molar refractivity (Wildman–Crippen MR) is 70.4 cm³/mol. The number of aromatic nitrogens is 1. The molecule has 1 aliphatic rings. The van der Waals surface area contributed by atoms with E-state index >= 15 is 0 Å². The van der Waals surface area contributed by atoms with E-state index in [-0.39, 0.29) is 0 Å². The minimum atomic E-state index is 0.610. The molecule has 1 saturated carbocycles. The van der Waals surface area contributed by atoms with Gasteiger partial charge in [-0.25, -0.2) is 4.98 Å². The van der Waals surface area contributed by atoms with Crippen LogP contribution in [0.1, 0.15) is 39.5 Å². The molecule has 1 aliphatic carbocycles. The second kappa shape index (κ2) is 5.89. The first-order chi connectivity index (χ1) is 8.28. The van der Waals surface area contributed by atoms with Gasteiger partial charge in [0.1, 0.15) is 0 Å². The van der Waals surface area contributed by atoms with Crippen molar-refractivity contribution in [2.75, 3.05) is 11.9 Å². The molecule has 0 aromatic carbocycles. The van der Waals surface area contributed by atoms with Crippen LogP contribution in [-0.4, -0.2) is 17.6 Å². The SMILES string of the molecule is CCOc1ccc(NC2CCCC(C)C2)cn1. The van der Waals surface area contributed by atoms with Crippen LogP contribution in [0, 0.1) is 5.92 Å². The molecule has 1 heterocycles. The van der Waals surface area contributed by atoms with E-state index in [4.69, 9.17) is 4.74 Å². The number of nitrogens with zero attached hydrogens (tertiary/aromatic N) is 1. The molecule has 1 N–H and O–H groups in total.